The summed E-state index contributed by atoms with van der Waals surface area (Å²) in [5.41, 5.74) is 6.58. The molecule has 192 valence electrons. The smallest absolute Gasteiger partial charge is 0.338 e. The van der Waals surface area contributed by atoms with Gasteiger partial charge < -0.3 is 19.7 Å². The zero-order valence-electron chi connectivity index (χ0n) is 21.1. The SMILES string of the molecule is Cc1c(C(O)CN2CCN(CC(O)c3ccc4c(c3C)COC4=O)CC2C)ccc2c1COCC2=O. The van der Waals surface area contributed by atoms with Crippen molar-refractivity contribution in [3.63, 3.8) is 0 Å². The number of β-amino-alcohol motifs (C(OH)–C–C–N with tert-alkyl or cyclic N) is 2. The Bertz CT molecular complexity index is 1200. The fourth-order valence-corrected chi connectivity index (χ4v) is 5.81. The van der Waals surface area contributed by atoms with E-state index >= 15 is 0 Å². The van der Waals surface area contributed by atoms with E-state index in [4.69, 9.17) is 9.47 Å². The molecule has 1 fully saturated rings. The van der Waals surface area contributed by atoms with E-state index in [0.29, 0.717) is 30.8 Å². The second-order valence-electron chi connectivity index (χ2n) is 10.2. The van der Waals surface area contributed by atoms with Crippen molar-refractivity contribution >= 4 is 11.8 Å². The second kappa shape index (κ2) is 10.0. The number of nitrogens with zero attached hydrogens (tertiary/aromatic N) is 2. The largest absolute Gasteiger partial charge is 0.457 e. The molecule has 36 heavy (non-hydrogen) atoms. The number of esters is 1. The van der Waals surface area contributed by atoms with Crippen LogP contribution in [0.2, 0.25) is 0 Å². The topological polar surface area (TPSA) is 99.5 Å². The normalized spacial score (nSPS) is 22.2. The van der Waals surface area contributed by atoms with E-state index in [-0.39, 0.29) is 31.0 Å². The number of Topliss-reactive ketones (excluding diaryl/α,β-unsaturated/α-hetero) is 1. The first-order chi connectivity index (χ1) is 17.2. The maximum Gasteiger partial charge on any atom is 0.338 e. The van der Waals surface area contributed by atoms with Gasteiger partial charge in [0.25, 0.3) is 0 Å². The van der Waals surface area contributed by atoms with E-state index in [0.717, 1.165) is 53.0 Å². The summed E-state index contributed by atoms with van der Waals surface area (Å²) in [6.45, 7) is 10.2. The summed E-state index contributed by atoms with van der Waals surface area (Å²) >= 11 is 0. The molecule has 1 saturated heterocycles. The van der Waals surface area contributed by atoms with Gasteiger partial charge in [-0.25, -0.2) is 4.79 Å². The zero-order chi connectivity index (χ0) is 25.6. The highest BCUT2D eigenvalue weighted by Gasteiger charge is 2.30. The minimum Gasteiger partial charge on any atom is -0.457 e. The number of piperazine rings is 1. The number of cyclic esters (lactones) is 1. The molecule has 0 saturated carbocycles. The lowest BCUT2D eigenvalue weighted by molar-refractivity contribution is 0.0196. The molecule has 3 heterocycles. The Kier molecular flexibility index (Phi) is 6.98. The van der Waals surface area contributed by atoms with Crippen molar-refractivity contribution in [3.8, 4) is 0 Å². The van der Waals surface area contributed by atoms with Gasteiger partial charge in [-0.05, 0) is 54.7 Å². The molecule has 3 unspecified atom stereocenters. The van der Waals surface area contributed by atoms with E-state index in [1.54, 1.807) is 6.07 Å². The Balaban J connectivity index is 1.20. The lowest BCUT2D eigenvalue weighted by Gasteiger charge is -2.41. The van der Waals surface area contributed by atoms with Crippen molar-refractivity contribution in [1.29, 1.82) is 0 Å². The molecular formula is C28H34N2O6. The van der Waals surface area contributed by atoms with Crippen LogP contribution in [-0.4, -0.2) is 77.1 Å². The zero-order valence-corrected chi connectivity index (χ0v) is 21.1. The predicted molar refractivity (Wildman–Crippen MR) is 133 cm³/mol. The van der Waals surface area contributed by atoms with Crippen LogP contribution in [0.15, 0.2) is 24.3 Å². The van der Waals surface area contributed by atoms with Gasteiger partial charge in [0, 0.05) is 49.9 Å². The molecule has 3 aliphatic rings. The van der Waals surface area contributed by atoms with Crippen molar-refractivity contribution in [2.45, 2.75) is 52.2 Å². The number of hydrogen-bond donors (Lipinski definition) is 2. The van der Waals surface area contributed by atoms with Crippen LogP contribution >= 0.6 is 0 Å². The quantitative estimate of drug-likeness (QED) is 0.591. The molecule has 0 radical (unpaired) electrons. The van der Waals surface area contributed by atoms with Gasteiger partial charge in [-0.2, -0.15) is 0 Å². The highest BCUT2D eigenvalue weighted by molar-refractivity contribution is 5.99. The molecule has 0 amide bonds. The number of aliphatic hydroxyl groups excluding tert-OH is 2. The average Bonchev–Trinajstić information content (AvgIpc) is 3.23. The van der Waals surface area contributed by atoms with Crippen molar-refractivity contribution in [3.05, 3.63) is 68.8 Å². The van der Waals surface area contributed by atoms with Crippen LogP contribution in [0.4, 0.5) is 0 Å². The Hall–Kier alpha value is -2.62. The van der Waals surface area contributed by atoms with E-state index in [1.807, 2.05) is 32.0 Å². The first-order valence-corrected chi connectivity index (χ1v) is 12.6. The number of fused-ring (bicyclic) bond motifs is 2. The molecule has 2 aromatic rings. The monoisotopic (exact) mass is 494 g/mol. The molecule has 8 nitrogen and oxygen atoms in total. The van der Waals surface area contributed by atoms with E-state index in [9.17, 15) is 19.8 Å². The van der Waals surface area contributed by atoms with E-state index < -0.39 is 12.2 Å². The van der Waals surface area contributed by atoms with Gasteiger partial charge in [0.15, 0.2) is 5.78 Å². The van der Waals surface area contributed by atoms with E-state index in [2.05, 4.69) is 16.7 Å². The Morgan fingerprint density at radius 1 is 0.889 bits per heavy atom. The van der Waals surface area contributed by atoms with Gasteiger partial charge in [-0.3, -0.25) is 14.6 Å². The summed E-state index contributed by atoms with van der Waals surface area (Å²) in [4.78, 5) is 28.5. The van der Waals surface area contributed by atoms with Crippen LogP contribution in [0.25, 0.3) is 0 Å². The number of rotatable bonds is 6. The summed E-state index contributed by atoms with van der Waals surface area (Å²) in [5.74, 6) is -0.307. The van der Waals surface area contributed by atoms with Crippen LogP contribution in [-0.2, 0) is 22.7 Å². The molecule has 8 heteroatoms. The molecule has 0 aliphatic carbocycles. The maximum atomic E-state index is 12.1. The number of carbonyl (C=O) groups excluding carboxylic acids is 2. The summed E-state index contributed by atoms with van der Waals surface area (Å²) in [7, 11) is 0. The molecule has 0 spiro atoms. The van der Waals surface area contributed by atoms with Gasteiger partial charge in [0.2, 0.25) is 0 Å². The minimum absolute atomic E-state index is 0.00998. The molecule has 0 aromatic heterocycles. The van der Waals surface area contributed by atoms with Crippen molar-refractivity contribution in [2.24, 2.45) is 0 Å². The third kappa shape index (κ3) is 4.60. The summed E-state index contributed by atoms with van der Waals surface area (Å²) < 4.78 is 10.6. The van der Waals surface area contributed by atoms with E-state index in [1.165, 1.54) is 0 Å². The van der Waals surface area contributed by atoms with Crippen molar-refractivity contribution in [1.82, 2.24) is 9.80 Å². The third-order valence-electron chi connectivity index (χ3n) is 8.03. The van der Waals surface area contributed by atoms with Crippen LogP contribution < -0.4 is 0 Å². The second-order valence-corrected chi connectivity index (χ2v) is 10.2. The highest BCUT2D eigenvalue weighted by Crippen LogP contribution is 2.31. The Morgan fingerprint density at radius 3 is 2.22 bits per heavy atom. The number of hydrogen-bond acceptors (Lipinski definition) is 8. The summed E-state index contributed by atoms with van der Waals surface area (Å²) in [5, 5.41) is 22.1. The van der Waals surface area contributed by atoms with Gasteiger partial charge in [-0.15, -0.1) is 0 Å². The lowest BCUT2D eigenvalue weighted by atomic mass is 9.91. The van der Waals surface area contributed by atoms with Crippen LogP contribution in [0.5, 0.6) is 0 Å². The average molecular weight is 495 g/mol. The van der Waals surface area contributed by atoms with Gasteiger partial charge in [0.05, 0.1) is 24.4 Å². The maximum absolute atomic E-state index is 12.1. The number of ketones is 1. The molecule has 2 aromatic carbocycles. The van der Waals surface area contributed by atoms with Crippen LogP contribution in [0.1, 0.15) is 73.2 Å². The molecule has 2 N–H and O–H groups in total. The van der Waals surface area contributed by atoms with Gasteiger partial charge in [0.1, 0.15) is 13.2 Å². The predicted octanol–water partition coefficient (Wildman–Crippen LogP) is 2.46. The lowest BCUT2D eigenvalue weighted by Crippen LogP contribution is -2.53. The van der Waals surface area contributed by atoms with Gasteiger partial charge >= 0.3 is 5.97 Å². The third-order valence-corrected chi connectivity index (χ3v) is 8.03. The first-order valence-electron chi connectivity index (χ1n) is 12.6. The first kappa shape index (κ1) is 25.0. The fourth-order valence-electron chi connectivity index (χ4n) is 5.81. The van der Waals surface area contributed by atoms with Crippen molar-refractivity contribution < 1.29 is 29.3 Å². The Morgan fingerprint density at radius 2 is 1.53 bits per heavy atom. The molecular weight excluding hydrogens is 460 g/mol. The Labute approximate surface area is 211 Å². The van der Waals surface area contributed by atoms with Gasteiger partial charge in [-0.1, -0.05) is 18.2 Å². The minimum atomic E-state index is -0.661. The number of aliphatic hydroxyl groups is 2. The standard InChI is InChI=1S/C28H34N2O6/c1-16-10-29(11-25(31)19-5-7-22-24(18(19)3)14-36-28(22)34)8-9-30(16)12-26(32)20-4-6-21-23(17(20)2)13-35-15-27(21)33/h4-7,16,25-26,31-32H,8-15H2,1-3H3. The van der Waals surface area contributed by atoms with Crippen LogP contribution in [0.3, 0.4) is 0 Å². The number of benzene rings is 2. The van der Waals surface area contributed by atoms with Crippen LogP contribution in [0, 0.1) is 13.8 Å². The number of ether oxygens (including phenoxy) is 2. The molecule has 0 bridgehead atoms. The molecule has 3 aliphatic heterocycles. The highest BCUT2D eigenvalue weighted by atomic mass is 16.5. The fraction of sp³-hybridized carbons (Fsp3) is 0.500. The summed E-state index contributed by atoms with van der Waals surface area (Å²) in [6, 6.07) is 7.48. The molecule has 5 rings (SSSR count). The van der Waals surface area contributed by atoms with Crippen molar-refractivity contribution in [2.75, 3.05) is 39.3 Å². The summed E-state index contributed by atoms with van der Waals surface area (Å²) in [6.07, 6.45) is -1.32. The number of carbonyl (C=O) groups is 2. The molecule has 3 atom stereocenters.